The van der Waals surface area contributed by atoms with Gasteiger partial charge in [-0.3, -0.25) is 0 Å². The van der Waals surface area contributed by atoms with Gasteiger partial charge in [-0.25, -0.2) is 0 Å². The van der Waals surface area contributed by atoms with Crippen molar-refractivity contribution in [2.45, 2.75) is 6.42 Å². The number of para-hydroxylation sites is 1. The Morgan fingerprint density at radius 1 is 0.692 bits per heavy atom. The van der Waals surface area contributed by atoms with Crippen LogP contribution in [-0.4, -0.2) is 0 Å². The first-order valence-corrected chi connectivity index (χ1v) is 8.92. The second kappa shape index (κ2) is 6.20. The zero-order valence-corrected chi connectivity index (χ0v) is 14.4. The molecule has 1 aromatic heterocycles. The molecule has 0 spiro atoms. The van der Waals surface area contributed by atoms with Gasteiger partial charge in [0.1, 0.15) is 11.3 Å². The minimum atomic E-state index is 0.801. The van der Waals surface area contributed by atoms with E-state index < -0.39 is 0 Å². The lowest BCUT2D eigenvalue weighted by atomic mass is 9.99. The van der Waals surface area contributed by atoms with E-state index in [4.69, 9.17) is 4.42 Å². The molecule has 0 saturated heterocycles. The normalized spacial score (nSPS) is 13.3. The second-order valence-corrected chi connectivity index (χ2v) is 6.58. The molecule has 0 radical (unpaired) electrons. The number of hydrogen-bond acceptors (Lipinski definition) is 1. The predicted molar refractivity (Wildman–Crippen MR) is 109 cm³/mol. The van der Waals surface area contributed by atoms with Crippen molar-refractivity contribution < 1.29 is 4.42 Å². The van der Waals surface area contributed by atoms with E-state index in [1.807, 2.05) is 6.07 Å². The van der Waals surface area contributed by atoms with E-state index in [1.165, 1.54) is 27.6 Å². The van der Waals surface area contributed by atoms with E-state index in [2.05, 4.69) is 91.0 Å². The zero-order valence-electron chi connectivity index (χ0n) is 14.4. The van der Waals surface area contributed by atoms with Crippen LogP contribution in [0, 0.1) is 0 Å². The van der Waals surface area contributed by atoms with E-state index in [9.17, 15) is 0 Å². The topological polar surface area (TPSA) is 13.1 Å². The summed E-state index contributed by atoms with van der Waals surface area (Å²) in [6, 6.07) is 27.4. The van der Waals surface area contributed by atoms with Crippen molar-refractivity contribution in [2.75, 3.05) is 0 Å². The Bertz CT molecular complexity index is 1130. The third-order valence-corrected chi connectivity index (χ3v) is 4.97. The van der Waals surface area contributed by atoms with Gasteiger partial charge in [0.05, 0.1) is 0 Å². The van der Waals surface area contributed by atoms with Gasteiger partial charge in [0, 0.05) is 22.9 Å². The van der Waals surface area contributed by atoms with Gasteiger partial charge < -0.3 is 4.42 Å². The van der Waals surface area contributed by atoms with E-state index >= 15 is 0 Å². The van der Waals surface area contributed by atoms with Crippen LogP contribution in [0.15, 0.2) is 95.4 Å². The van der Waals surface area contributed by atoms with Crippen LogP contribution in [0.3, 0.4) is 0 Å². The minimum Gasteiger partial charge on any atom is -0.459 e. The molecule has 1 heterocycles. The highest BCUT2D eigenvalue weighted by molar-refractivity contribution is 5.99. The van der Waals surface area contributed by atoms with Crippen molar-refractivity contribution >= 4 is 22.6 Å². The zero-order chi connectivity index (χ0) is 17.3. The van der Waals surface area contributed by atoms with Crippen LogP contribution in [0.5, 0.6) is 0 Å². The number of rotatable bonds is 2. The molecule has 0 atom stereocenters. The fourth-order valence-electron chi connectivity index (χ4n) is 3.69. The van der Waals surface area contributed by atoms with Gasteiger partial charge in [-0.05, 0) is 16.7 Å². The lowest BCUT2D eigenvalue weighted by Gasteiger charge is -2.05. The van der Waals surface area contributed by atoms with E-state index in [0.29, 0.717) is 0 Å². The molecule has 0 N–H and O–H groups in total. The Balaban J connectivity index is 1.65. The predicted octanol–water partition coefficient (Wildman–Crippen LogP) is 6.75. The third-order valence-electron chi connectivity index (χ3n) is 4.97. The standard InChI is InChI=1S/C25H18O/c1-3-9-18(10-4-1)20-13-7-15-22-23-16-8-14-21(19-11-5-2-6-12-19)25(23)26-24(22)17-20/h1-16H,17H2. The molecule has 26 heavy (non-hydrogen) atoms. The van der Waals surface area contributed by atoms with E-state index in [0.717, 1.165) is 23.3 Å². The van der Waals surface area contributed by atoms with Crippen molar-refractivity contribution in [1.82, 2.24) is 0 Å². The molecular weight excluding hydrogens is 316 g/mol. The van der Waals surface area contributed by atoms with Crippen LogP contribution in [0.4, 0.5) is 0 Å². The van der Waals surface area contributed by atoms with Gasteiger partial charge >= 0.3 is 0 Å². The number of allylic oxidation sites excluding steroid dienone is 3. The molecule has 0 unspecified atom stereocenters. The summed E-state index contributed by atoms with van der Waals surface area (Å²) in [5.74, 6) is 1.03. The first kappa shape index (κ1) is 15.0. The first-order valence-electron chi connectivity index (χ1n) is 8.92. The molecule has 1 nitrogen and oxygen atoms in total. The summed E-state index contributed by atoms with van der Waals surface area (Å²) in [5.41, 5.74) is 7.02. The SMILES string of the molecule is C1=Cc2c(oc3c(-c4ccccc4)cccc23)CC(c2ccccc2)=C1. The third kappa shape index (κ3) is 2.49. The molecule has 124 valence electrons. The number of benzene rings is 3. The first-order chi connectivity index (χ1) is 12.9. The highest BCUT2D eigenvalue weighted by Crippen LogP contribution is 2.37. The summed E-state index contributed by atoms with van der Waals surface area (Å²) in [4.78, 5) is 0. The van der Waals surface area contributed by atoms with Gasteiger partial charge in [0.25, 0.3) is 0 Å². The average Bonchev–Trinajstić information content (AvgIpc) is 2.92. The molecule has 0 fully saturated rings. The Labute approximate surface area is 152 Å². The maximum Gasteiger partial charge on any atom is 0.142 e. The molecule has 1 aliphatic rings. The fraction of sp³-hybridized carbons (Fsp3) is 0.0400. The average molecular weight is 334 g/mol. The molecule has 4 aromatic rings. The summed E-state index contributed by atoms with van der Waals surface area (Å²) in [6.07, 6.45) is 7.30. The monoisotopic (exact) mass is 334 g/mol. The summed E-state index contributed by atoms with van der Waals surface area (Å²) < 4.78 is 6.42. The second-order valence-electron chi connectivity index (χ2n) is 6.58. The summed E-state index contributed by atoms with van der Waals surface area (Å²) in [6.45, 7) is 0. The van der Waals surface area contributed by atoms with Crippen LogP contribution in [0.1, 0.15) is 16.9 Å². The Kier molecular flexibility index (Phi) is 3.57. The van der Waals surface area contributed by atoms with Crippen molar-refractivity contribution in [2.24, 2.45) is 0 Å². The van der Waals surface area contributed by atoms with Crippen LogP contribution in [0.25, 0.3) is 33.7 Å². The lowest BCUT2D eigenvalue weighted by molar-refractivity contribution is 0.567. The molecule has 3 aromatic carbocycles. The molecule has 1 heteroatoms. The van der Waals surface area contributed by atoms with Gasteiger partial charge in [0.15, 0.2) is 0 Å². The highest BCUT2D eigenvalue weighted by atomic mass is 16.3. The Hall–Kier alpha value is -3.32. The molecule has 0 saturated carbocycles. The van der Waals surface area contributed by atoms with Crippen LogP contribution >= 0.6 is 0 Å². The van der Waals surface area contributed by atoms with Crippen molar-refractivity contribution in [3.05, 3.63) is 108 Å². The molecule has 0 aliphatic heterocycles. The van der Waals surface area contributed by atoms with Crippen LogP contribution < -0.4 is 0 Å². The van der Waals surface area contributed by atoms with Crippen molar-refractivity contribution in [1.29, 1.82) is 0 Å². The smallest absolute Gasteiger partial charge is 0.142 e. The van der Waals surface area contributed by atoms with Crippen molar-refractivity contribution in [3.63, 3.8) is 0 Å². The summed E-state index contributed by atoms with van der Waals surface area (Å²) >= 11 is 0. The van der Waals surface area contributed by atoms with Gasteiger partial charge in [-0.2, -0.15) is 0 Å². The molecule has 0 bridgehead atoms. The number of fused-ring (bicyclic) bond motifs is 3. The maximum atomic E-state index is 6.42. The fourth-order valence-corrected chi connectivity index (χ4v) is 3.69. The molecule has 0 amide bonds. The minimum absolute atomic E-state index is 0.801. The highest BCUT2D eigenvalue weighted by Gasteiger charge is 2.18. The quantitative estimate of drug-likeness (QED) is 0.395. The Morgan fingerprint density at radius 2 is 1.42 bits per heavy atom. The maximum absolute atomic E-state index is 6.42. The van der Waals surface area contributed by atoms with Gasteiger partial charge in [-0.1, -0.05) is 97.1 Å². The van der Waals surface area contributed by atoms with E-state index in [-0.39, 0.29) is 0 Å². The Morgan fingerprint density at radius 3 is 2.19 bits per heavy atom. The van der Waals surface area contributed by atoms with Crippen LogP contribution in [0.2, 0.25) is 0 Å². The summed E-state index contributed by atoms with van der Waals surface area (Å²) in [7, 11) is 0. The molecular formula is C25H18O. The van der Waals surface area contributed by atoms with Crippen LogP contribution in [-0.2, 0) is 6.42 Å². The lowest BCUT2D eigenvalue weighted by Crippen LogP contribution is -1.89. The largest absolute Gasteiger partial charge is 0.459 e. The molecule has 1 aliphatic carbocycles. The van der Waals surface area contributed by atoms with Crippen molar-refractivity contribution in [3.8, 4) is 11.1 Å². The van der Waals surface area contributed by atoms with Gasteiger partial charge in [-0.15, -0.1) is 0 Å². The summed E-state index contributed by atoms with van der Waals surface area (Å²) in [5, 5.41) is 1.18. The number of furan rings is 1. The van der Waals surface area contributed by atoms with E-state index in [1.54, 1.807) is 0 Å². The molecule has 5 rings (SSSR count). The number of hydrogen-bond donors (Lipinski definition) is 0. The van der Waals surface area contributed by atoms with Gasteiger partial charge in [0.2, 0.25) is 0 Å².